The molecule has 1 aromatic rings. The van der Waals surface area contributed by atoms with Crippen molar-refractivity contribution in [3.8, 4) is 0 Å². The Bertz CT molecular complexity index is 265. The molecule has 1 saturated heterocycles. The molecule has 2 rings (SSSR count). The second-order valence-corrected chi connectivity index (χ2v) is 4.37. The van der Waals surface area contributed by atoms with Gasteiger partial charge in [0.05, 0.1) is 0 Å². The third-order valence-electron chi connectivity index (χ3n) is 2.76. The second-order valence-electron chi connectivity index (χ2n) is 3.71. The first-order valence-electron chi connectivity index (χ1n) is 4.57. The van der Waals surface area contributed by atoms with Crippen LogP contribution >= 0.6 is 11.5 Å². The normalized spacial score (nSPS) is 27.4. The van der Waals surface area contributed by atoms with Gasteiger partial charge in [0.15, 0.2) is 0 Å². The van der Waals surface area contributed by atoms with E-state index < -0.39 is 5.60 Å². The first-order valence-corrected chi connectivity index (χ1v) is 5.40. The van der Waals surface area contributed by atoms with Gasteiger partial charge in [-0.2, -0.15) is 0 Å². The molecule has 3 nitrogen and oxygen atoms in total. The third kappa shape index (κ3) is 1.61. The van der Waals surface area contributed by atoms with E-state index in [2.05, 4.69) is 9.69 Å². The standard InChI is InChI=1S/C9H14N2OS/c1-9(12,7-5-11-13-6-7)8-3-2-4-10-8/h5-6,8,10,12H,2-4H2,1H3. The van der Waals surface area contributed by atoms with Crippen LogP contribution in [0.4, 0.5) is 0 Å². The van der Waals surface area contributed by atoms with Gasteiger partial charge in [0.1, 0.15) is 5.60 Å². The molecule has 4 heteroatoms. The van der Waals surface area contributed by atoms with E-state index in [-0.39, 0.29) is 6.04 Å². The van der Waals surface area contributed by atoms with Gasteiger partial charge in [-0.3, -0.25) is 0 Å². The fourth-order valence-electron chi connectivity index (χ4n) is 1.82. The van der Waals surface area contributed by atoms with Crippen LogP contribution in [0.15, 0.2) is 11.6 Å². The van der Waals surface area contributed by atoms with Crippen LogP contribution in [-0.4, -0.2) is 22.1 Å². The average Bonchev–Trinajstić information content (AvgIpc) is 2.78. The number of hydrogen-bond donors (Lipinski definition) is 2. The molecule has 0 radical (unpaired) electrons. The number of hydrogen-bond acceptors (Lipinski definition) is 4. The highest BCUT2D eigenvalue weighted by molar-refractivity contribution is 7.03. The molecule has 2 N–H and O–H groups in total. The smallest absolute Gasteiger partial charge is 0.104 e. The van der Waals surface area contributed by atoms with E-state index in [9.17, 15) is 5.11 Å². The second kappa shape index (κ2) is 3.36. The summed E-state index contributed by atoms with van der Waals surface area (Å²) in [7, 11) is 0. The van der Waals surface area contributed by atoms with Crippen molar-refractivity contribution in [1.29, 1.82) is 0 Å². The Morgan fingerprint density at radius 3 is 3.15 bits per heavy atom. The average molecular weight is 198 g/mol. The Labute approximate surface area is 82.0 Å². The maximum Gasteiger partial charge on any atom is 0.104 e. The van der Waals surface area contributed by atoms with Crippen LogP contribution in [0, 0.1) is 0 Å². The van der Waals surface area contributed by atoms with Crippen molar-refractivity contribution in [2.45, 2.75) is 31.4 Å². The zero-order valence-electron chi connectivity index (χ0n) is 7.66. The molecule has 0 amide bonds. The summed E-state index contributed by atoms with van der Waals surface area (Å²) >= 11 is 1.39. The molecule has 2 heterocycles. The van der Waals surface area contributed by atoms with Crippen LogP contribution < -0.4 is 5.32 Å². The summed E-state index contributed by atoms with van der Waals surface area (Å²) in [6, 6.07) is 0.184. The van der Waals surface area contributed by atoms with E-state index in [0.29, 0.717) is 0 Å². The minimum Gasteiger partial charge on any atom is -0.384 e. The minimum atomic E-state index is -0.760. The van der Waals surface area contributed by atoms with Gasteiger partial charge in [-0.15, -0.1) is 0 Å². The summed E-state index contributed by atoms with van der Waals surface area (Å²) in [5, 5.41) is 15.5. The molecule has 0 saturated carbocycles. The van der Waals surface area contributed by atoms with E-state index >= 15 is 0 Å². The van der Waals surface area contributed by atoms with Gasteiger partial charge >= 0.3 is 0 Å². The Hall–Kier alpha value is -0.450. The van der Waals surface area contributed by atoms with Crippen molar-refractivity contribution in [2.24, 2.45) is 0 Å². The number of nitrogens with zero attached hydrogens (tertiary/aromatic N) is 1. The summed E-state index contributed by atoms with van der Waals surface area (Å²) in [6.45, 7) is 2.87. The van der Waals surface area contributed by atoms with Crippen LogP contribution in [0.2, 0.25) is 0 Å². The van der Waals surface area contributed by atoms with Crippen LogP contribution in [0.5, 0.6) is 0 Å². The van der Waals surface area contributed by atoms with Crippen LogP contribution in [0.25, 0.3) is 0 Å². The predicted octanol–water partition coefficient (Wildman–Crippen LogP) is 1.10. The maximum atomic E-state index is 10.3. The van der Waals surface area contributed by atoms with Crippen molar-refractivity contribution in [2.75, 3.05) is 6.54 Å². The highest BCUT2D eigenvalue weighted by Gasteiger charge is 2.35. The fourth-order valence-corrected chi connectivity index (χ4v) is 2.47. The monoisotopic (exact) mass is 198 g/mol. The van der Waals surface area contributed by atoms with Gasteiger partial charge in [-0.1, -0.05) is 0 Å². The zero-order valence-corrected chi connectivity index (χ0v) is 8.47. The van der Waals surface area contributed by atoms with Gasteiger partial charge in [-0.25, -0.2) is 4.37 Å². The Morgan fingerprint density at radius 2 is 2.62 bits per heavy atom. The Morgan fingerprint density at radius 1 is 1.77 bits per heavy atom. The maximum absolute atomic E-state index is 10.3. The van der Waals surface area contributed by atoms with Gasteiger partial charge in [0.25, 0.3) is 0 Å². The van der Waals surface area contributed by atoms with E-state index in [1.807, 2.05) is 12.3 Å². The van der Waals surface area contributed by atoms with E-state index in [1.54, 1.807) is 6.20 Å². The van der Waals surface area contributed by atoms with Gasteiger partial charge < -0.3 is 10.4 Å². The molecular weight excluding hydrogens is 184 g/mol. The molecule has 0 aliphatic carbocycles. The summed E-state index contributed by atoms with van der Waals surface area (Å²) in [5.74, 6) is 0. The summed E-state index contributed by atoms with van der Waals surface area (Å²) in [5.41, 5.74) is 0.167. The van der Waals surface area contributed by atoms with Crippen molar-refractivity contribution in [1.82, 2.24) is 9.69 Å². The number of aromatic nitrogens is 1. The first-order chi connectivity index (χ1) is 6.21. The topological polar surface area (TPSA) is 45.2 Å². The lowest BCUT2D eigenvalue weighted by atomic mass is 9.90. The van der Waals surface area contributed by atoms with E-state index in [4.69, 9.17) is 0 Å². The molecule has 1 aliphatic rings. The van der Waals surface area contributed by atoms with Gasteiger partial charge in [-0.05, 0) is 37.8 Å². The van der Waals surface area contributed by atoms with Crippen molar-refractivity contribution >= 4 is 11.5 Å². The van der Waals surface area contributed by atoms with E-state index in [1.165, 1.54) is 11.5 Å². The Balaban J connectivity index is 2.19. The molecule has 0 bridgehead atoms. The summed E-state index contributed by atoms with van der Waals surface area (Å²) < 4.78 is 4.01. The largest absolute Gasteiger partial charge is 0.384 e. The quantitative estimate of drug-likeness (QED) is 0.748. The predicted molar refractivity (Wildman–Crippen MR) is 52.7 cm³/mol. The van der Waals surface area contributed by atoms with Crippen LogP contribution in [0.3, 0.4) is 0 Å². The molecule has 2 atom stereocenters. The molecule has 2 unspecified atom stereocenters. The lowest BCUT2D eigenvalue weighted by Gasteiger charge is -2.29. The lowest BCUT2D eigenvalue weighted by Crippen LogP contribution is -2.42. The Kier molecular flexibility index (Phi) is 2.36. The molecule has 13 heavy (non-hydrogen) atoms. The minimum absolute atomic E-state index is 0.184. The molecule has 1 aliphatic heterocycles. The van der Waals surface area contributed by atoms with Crippen LogP contribution in [-0.2, 0) is 5.60 Å². The molecule has 72 valence electrons. The zero-order chi connectivity index (χ0) is 9.31. The molecule has 1 aromatic heterocycles. The van der Waals surface area contributed by atoms with Crippen molar-refractivity contribution in [3.63, 3.8) is 0 Å². The van der Waals surface area contributed by atoms with E-state index in [0.717, 1.165) is 24.9 Å². The molecule has 0 aromatic carbocycles. The highest BCUT2D eigenvalue weighted by atomic mass is 32.1. The van der Waals surface area contributed by atoms with Gasteiger partial charge in [0, 0.05) is 23.2 Å². The fraction of sp³-hybridized carbons (Fsp3) is 0.667. The van der Waals surface area contributed by atoms with Gasteiger partial charge in [0.2, 0.25) is 0 Å². The summed E-state index contributed by atoms with van der Waals surface area (Å²) in [4.78, 5) is 0. The third-order valence-corrected chi connectivity index (χ3v) is 3.34. The summed E-state index contributed by atoms with van der Waals surface area (Å²) in [6.07, 6.45) is 3.95. The van der Waals surface area contributed by atoms with Crippen molar-refractivity contribution in [3.05, 3.63) is 17.1 Å². The highest BCUT2D eigenvalue weighted by Crippen LogP contribution is 2.29. The molecule has 0 spiro atoms. The number of aliphatic hydroxyl groups is 1. The first kappa shape index (κ1) is 9.12. The number of nitrogens with one attached hydrogen (secondary N) is 1. The molecule has 1 fully saturated rings. The SMILES string of the molecule is CC(O)(c1cnsc1)C1CCCN1. The number of rotatable bonds is 2. The van der Waals surface area contributed by atoms with Crippen LogP contribution in [0.1, 0.15) is 25.3 Å². The molecular formula is C9H14N2OS. The van der Waals surface area contributed by atoms with Crippen molar-refractivity contribution < 1.29 is 5.11 Å². The lowest BCUT2D eigenvalue weighted by molar-refractivity contribution is 0.0221.